The summed E-state index contributed by atoms with van der Waals surface area (Å²) in [6.45, 7) is 8.35. The van der Waals surface area contributed by atoms with Crippen molar-refractivity contribution in [2.75, 3.05) is 32.8 Å². The number of hydrogen-bond acceptors (Lipinski definition) is 3. The molecule has 2 amide bonds. The molecule has 20 heavy (non-hydrogen) atoms. The highest BCUT2D eigenvalue weighted by atomic mass is 16.3. The quantitative estimate of drug-likeness (QED) is 0.817. The maximum absolute atomic E-state index is 12.2. The fraction of sp³-hybridized carbons (Fsp3) is 0.933. The molecule has 0 bridgehead atoms. The van der Waals surface area contributed by atoms with Gasteiger partial charge in [0.25, 0.3) is 0 Å². The number of carbonyl (C=O) groups excluding carboxylic acids is 1. The number of rotatable bonds is 4. The first kappa shape index (κ1) is 15.6. The average molecular weight is 283 g/mol. The maximum Gasteiger partial charge on any atom is 0.317 e. The first-order chi connectivity index (χ1) is 9.61. The highest BCUT2D eigenvalue weighted by Gasteiger charge is 2.29. The fourth-order valence-electron chi connectivity index (χ4n) is 3.36. The Labute approximate surface area is 122 Å². The van der Waals surface area contributed by atoms with Crippen LogP contribution in [0.5, 0.6) is 0 Å². The van der Waals surface area contributed by atoms with Gasteiger partial charge in [-0.3, -0.25) is 0 Å². The summed E-state index contributed by atoms with van der Waals surface area (Å²) in [7, 11) is 0. The van der Waals surface area contributed by atoms with E-state index in [9.17, 15) is 9.90 Å². The van der Waals surface area contributed by atoms with E-state index in [-0.39, 0.29) is 18.7 Å². The largest absolute Gasteiger partial charge is 0.394 e. The minimum atomic E-state index is 0.00298. The Morgan fingerprint density at radius 1 is 1.30 bits per heavy atom. The molecule has 2 N–H and O–H groups in total. The highest BCUT2D eigenvalue weighted by Crippen LogP contribution is 2.19. The molecule has 5 heteroatoms. The molecule has 0 radical (unpaired) electrons. The SMILES string of the molecule is CC(C)N1CCCC(CNC(=O)N2CCCC2CO)C1. The van der Waals surface area contributed by atoms with Crippen molar-refractivity contribution >= 4 is 6.03 Å². The van der Waals surface area contributed by atoms with Gasteiger partial charge in [-0.2, -0.15) is 0 Å². The summed E-state index contributed by atoms with van der Waals surface area (Å²) >= 11 is 0. The number of likely N-dealkylation sites (tertiary alicyclic amines) is 2. The number of piperidine rings is 1. The van der Waals surface area contributed by atoms with Crippen molar-refractivity contribution in [2.24, 2.45) is 5.92 Å². The molecule has 2 unspecified atom stereocenters. The standard InChI is InChI=1S/C15H29N3O2/c1-12(2)17-7-3-5-13(10-17)9-16-15(20)18-8-4-6-14(18)11-19/h12-14,19H,3-11H2,1-2H3,(H,16,20). The lowest BCUT2D eigenvalue weighted by Crippen LogP contribution is -2.48. The van der Waals surface area contributed by atoms with Crippen molar-refractivity contribution in [2.45, 2.75) is 51.6 Å². The molecule has 2 heterocycles. The lowest BCUT2D eigenvalue weighted by atomic mass is 9.97. The van der Waals surface area contributed by atoms with Gasteiger partial charge in [-0.1, -0.05) is 0 Å². The predicted molar refractivity (Wildman–Crippen MR) is 79.6 cm³/mol. The Morgan fingerprint density at radius 2 is 2.05 bits per heavy atom. The molecule has 2 aliphatic heterocycles. The van der Waals surface area contributed by atoms with Crippen LogP contribution in [-0.2, 0) is 0 Å². The van der Waals surface area contributed by atoms with Gasteiger partial charge < -0.3 is 20.2 Å². The minimum absolute atomic E-state index is 0.00298. The van der Waals surface area contributed by atoms with E-state index in [1.807, 2.05) is 0 Å². The van der Waals surface area contributed by atoms with Crippen LogP contribution >= 0.6 is 0 Å². The molecule has 0 spiro atoms. The van der Waals surface area contributed by atoms with Crippen molar-refractivity contribution in [1.82, 2.24) is 15.1 Å². The normalized spacial score (nSPS) is 28.1. The second kappa shape index (κ2) is 7.27. The van der Waals surface area contributed by atoms with Gasteiger partial charge in [0.05, 0.1) is 12.6 Å². The monoisotopic (exact) mass is 283 g/mol. The van der Waals surface area contributed by atoms with E-state index in [0.717, 1.165) is 32.5 Å². The van der Waals surface area contributed by atoms with E-state index in [1.54, 1.807) is 4.90 Å². The number of hydrogen-bond donors (Lipinski definition) is 2. The Hall–Kier alpha value is -0.810. The summed E-state index contributed by atoms with van der Waals surface area (Å²) in [6.07, 6.45) is 4.35. The van der Waals surface area contributed by atoms with Gasteiger partial charge in [0.2, 0.25) is 0 Å². The Kier molecular flexibility index (Phi) is 5.66. The number of nitrogens with zero attached hydrogens (tertiary/aromatic N) is 2. The smallest absolute Gasteiger partial charge is 0.317 e. The summed E-state index contributed by atoms with van der Waals surface area (Å²) in [6, 6.07) is 0.614. The number of aliphatic hydroxyl groups excluding tert-OH is 1. The van der Waals surface area contributed by atoms with Crippen molar-refractivity contribution in [3.63, 3.8) is 0 Å². The molecule has 2 saturated heterocycles. The van der Waals surface area contributed by atoms with Crippen molar-refractivity contribution in [3.8, 4) is 0 Å². The molecule has 2 atom stereocenters. The van der Waals surface area contributed by atoms with Gasteiger partial charge in [0, 0.05) is 25.7 Å². The van der Waals surface area contributed by atoms with E-state index < -0.39 is 0 Å². The van der Waals surface area contributed by atoms with Crippen LogP contribution in [0, 0.1) is 5.92 Å². The van der Waals surface area contributed by atoms with Crippen LogP contribution in [-0.4, -0.2) is 65.8 Å². The topological polar surface area (TPSA) is 55.8 Å². The molecule has 0 aromatic carbocycles. The molecule has 5 nitrogen and oxygen atoms in total. The Balaban J connectivity index is 1.75. The van der Waals surface area contributed by atoms with Crippen LogP contribution in [0.15, 0.2) is 0 Å². The third-order valence-electron chi connectivity index (χ3n) is 4.67. The number of carbonyl (C=O) groups is 1. The van der Waals surface area contributed by atoms with Gasteiger partial charge in [-0.15, -0.1) is 0 Å². The van der Waals surface area contributed by atoms with Crippen molar-refractivity contribution in [3.05, 3.63) is 0 Å². The molecule has 2 fully saturated rings. The van der Waals surface area contributed by atoms with Crippen LogP contribution in [0.1, 0.15) is 39.5 Å². The maximum atomic E-state index is 12.2. The second-order valence-corrected chi connectivity index (χ2v) is 6.46. The second-order valence-electron chi connectivity index (χ2n) is 6.46. The number of urea groups is 1. The summed E-state index contributed by atoms with van der Waals surface area (Å²) in [5.41, 5.74) is 0. The molecule has 0 aromatic rings. The first-order valence-electron chi connectivity index (χ1n) is 8.01. The fourth-order valence-corrected chi connectivity index (χ4v) is 3.36. The van der Waals surface area contributed by atoms with Crippen molar-refractivity contribution in [1.29, 1.82) is 0 Å². The lowest BCUT2D eigenvalue weighted by molar-refractivity contribution is 0.132. The summed E-state index contributed by atoms with van der Waals surface area (Å²) in [5.74, 6) is 0.560. The summed E-state index contributed by atoms with van der Waals surface area (Å²) in [5, 5.41) is 12.3. The van der Waals surface area contributed by atoms with E-state index in [2.05, 4.69) is 24.1 Å². The minimum Gasteiger partial charge on any atom is -0.394 e. The summed E-state index contributed by atoms with van der Waals surface area (Å²) < 4.78 is 0. The van der Waals surface area contributed by atoms with Gasteiger partial charge in [-0.05, 0) is 52.0 Å². The van der Waals surface area contributed by atoms with Crippen LogP contribution in [0.3, 0.4) is 0 Å². The van der Waals surface area contributed by atoms with Crippen LogP contribution in [0.4, 0.5) is 4.79 Å². The number of amides is 2. The summed E-state index contributed by atoms with van der Waals surface area (Å²) in [4.78, 5) is 16.5. The zero-order valence-corrected chi connectivity index (χ0v) is 12.8. The lowest BCUT2D eigenvalue weighted by Gasteiger charge is -2.35. The van der Waals surface area contributed by atoms with Gasteiger partial charge in [0.1, 0.15) is 0 Å². The van der Waals surface area contributed by atoms with Crippen LogP contribution < -0.4 is 5.32 Å². The van der Waals surface area contributed by atoms with Gasteiger partial charge in [0.15, 0.2) is 0 Å². The first-order valence-corrected chi connectivity index (χ1v) is 8.01. The number of nitrogens with one attached hydrogen (secondary N) is 1. The average Bonchev–Trinajstić information content (AvgIpc) is 2.93. The number of aliphatic hydroxyl groups is 1. The molecular formula is C15H29N3O2. The van der Waals surface area contributed by atoms with E-state index in [0.29, 0.717) is 12.0 Å². The zero-order chi connectivity index (χ0) is 14.5. The third-order valence-corrected chi connectivity index (χ3v) is 4.67. The van der Waals surface area contributed by atoms with Crippen LogP contribution in [0.2, 0.25) is 0 Å². The van der Waals surface area contributed by atoms with E-state index in [1.165, 1.54) is 19.4 Å². The predicted octanol–water partition coefficient (Wildman–Crippen LogP) is 1.27. The molecule has 2 aliphatic rings. The Bertz CT molecular complexity index is 322. The molecular weight excluding hydrogens is 254 g/mol. The third kappa shape index (κ3) is 3.85. The molecule has 0 saturated carbocycles. The highest BCUT2D eigenvalue weighted by molar-refractivity contribution is 5.74. The molecule has 0 aromatic heterocycles. The molecule has 2 rings (SSSR count). The van der Waals surface area contributed by atoms with E-state index >= 15 is 0 Å². The zero-order valence-electron chi connectivity index (χ0n) is 12.8. The van der Waals surface area contributed by atoms with Gasteiger partial charge >= 0.3 is 6.03 Å². The molecule has 0 aliphatic carbocycles. The van der Waals surface area contributed by atoms with E-state index in [4.69, 9.17) is 0 Å². The Morgan fingerprint density at radius 3 is 2.75 bits per heavy atom. The van der Waals surface area contributed by atoms with Crippen molar-refractivity contribution < 1.29 is 9.90 Å². The molecule has 116 valence electrons. The van der Waals surface area contributed by atoms with Gasteiger partial charge in [-0.25, -0.2) is 4.79 Å². The van der Waals surface area contributed by atoms with Crippen LogP contribution in [0.25, 0.3) is 0 Å².